The first-order valence-corrected chi connectivity index (χ1v) is 8.19. The summed E-state index contributed by atoms with van der Waals surface area (Å²) in [4.78, 5) is 22.4. The summed E-state index contributed by atoms with van der Waals surface area (Å²) in [5, 5.41) is 8.33. The van der Waals surface area contributed by atoms with Gasteiger partial charge in [-0.2, -0.15) is 10.1 Å². The minimum atomic E-state index is 0.136. The number of rotatable bonds is 2. The molecule has 0 radical (unpaired) electrons. The monoisotopic (exact) mass is 304 g/mol. The Morgan fingerprint density at radius 1 is 0.955 bits per heavy atom. The Balaban J connectivity index is 1.67. The van der Waals surface area contributed by atoms with Gasteiger partial charge in [0.15, 0.2) is 5.82 Å². The summed E-state index contributed by atoms with van der Waals surface area (Å²) in [6.07, 6.45) is 6.80. The van der Waals surface area contributed by atoms with Crippen molar-refractivity contribution in [2.24, 2.45) is 0 Å². The van der Waals surface area contributed by atoms with Crippen molar-refractivity contribution in [2.75, 3.05) is 49.1 Å². The highest BCUT2D eigenvalue weighted by Gasteiger charge is 2.21. The minimum absolute atomic E-state index is 0.136. The molecule has 1 aromatic heterocycles. The molecule has 0 unspecified atom stereocenters. The number of anilines is 2. The third-order valence-electron chi connectivity index (χ3n) is 4.47. The fourth-order valence-corrected chi connectivity index (χ4v) is 3.09. The number of carbonyl (C=O) groups excluding carboxylic acids is 1. The van der Waals surface area contributed by atoms with Crippen LogP contribution < -0.4 is 9.80 Å². The Labute approximate surface area is 131 Å². The van der Waals surface area contributed by atoms with E-state index in [0.717, 1.165) is 45.1 Å². The van der Waals surface area contributed by atoms with Crippen LogP contribution in [0.4, 0.5) is 11.8 Å². The summed E-state index contributed by atoms with van der Waals surface area (Å²) in [5.74, 6) is 1.75. The molecule has 1 aromatic rings. The van der Waals surface area contributed by atoms with E-state index in [1.165, 1.54) is 25.7 Å². The maximum Gasteiger partial charge on any atom is 0.247 e. The summed E-state index contributed by atoms with van der Waals surface area (Å²) >= 11 is 0. The number of hydrogen-bond donors (Lipinski definition) is 0. The molecule has 0 bridgehead atoms. The van der Waals surface area contributed by atoms with Crippen molar-refractivity contribution in [3.05, 3.63) is 6.20 Å². The van der Waals surface area contributed by atoms with E-state index >= 15 is 0 Å². The van der Waals surface area contributed by atoms with Crippen LogP contribution in [-0.4, -0.2) is 65.3 Å². The van der Waals surface area contributed by atoms with Gasteiger partial charge < -0.3 is 14.7 Å². The molecule has 3 rings (SSSR count). The molecule has 7 heteroatoms. The topological polar surface area (TPSA) is 65.5 Å². The molecule has 1 amide bonds. The standard InChI is InChI=1S/C15H24N6O/c1-13(22)19-8-10-21(11-9-19)15-17-14(12-16-18-15)20-6-4-2-3-5-7-20/h12H,2-11H2,1H3. The number of amides is 1. The van der Waals surface area contributed by atoms with Crippen LogP contribution in [0.3, 0.4) is 0 Å². The van der Waals surface area contributed by atoms with Crippen molar-refractivity contribution in [1.82, 2.24) is 20.1 Å². The van der Waals surface area contributed by atoms with Gasteiger partial charge in [-0.25, -0.2) is 0 Å². The zero-order valence-corrected chi connectivity index (χ0v) is 13.2. The summed E-state index contributed by atoms with van der Waals surface area (Å²) in [6.45, 7) is 6.72. The molecular weight excluding hydrogens is 280 g/mol. The fourth-order valence-electron chi connectivity index (χ4n) is 3.09. The van der Waals surface area contributed by atoms with Gasteiger partial charge in [0.25, 0.3) is 0 Å². The summed E-state index contributed by atoms with van der Waals surface area (Å²) in [6, 6.07) is 0. The highest BCUT2D eigenvalue weighted by molar-refractivity contribution is 5.73. The fraction of sp³-hybridized carbons (Fsp3) is 0.733. The van der Waals surface area contributed by atoms with Gasteiger partial charge in [-0.3, -0.25) is 4.79 Å². The molecule has 0 saturated carbocycles. The molecule has 120 valence electrons. The van der Waals surface area contributed by atoms with Gasteiger partial charge in [0.1, 0.15) is 0 Å². The second-order valence-electron chi connectivity index (χ2n) is 6.01. The van der Waals surface area contributed by atoms with E-state index in [1.807, 2.05) is 4.90 Å². The first-order chi connectivity index (χ1) is 10.7. The quantitative estimate of drug-likeness (QED) is 0.809. The first kappa shape index (κ1) is 15.0. The van der Waals surface area contributed by atoms with E-state index in [-0.39, 0.29) is 5.91 Å². The molecule has 2 aliphatic rings. The van der Waals surface area contributed by atoms with E-state index in [0.29, 0.717) is 5.95 Å². The molecule has 2 fully saturated rings. The third-order valence-corrected chi connectivity index (χ3v) is 4.47. The average Bonchev–Trinajstić information content (AvgIpc) is 2.84. The number of aromatic nitrogens is 3. The smallest absolute Gasteiger partial charge is 0.247 e. The van der Waals surface area contributed by atoms with Gasteiger partial charge >= 0.3 is 0 Å². The van der Waals surface area contributed by atoms with Gasteiger partial charge in [0, 0.05) is 46.2 Å². The molecule has 2 aliphatic heterocycles. The Kier molecular flexibility index (Phi) is 4.70. The lowest BCUT2D eigenvalue weighted by Gasteiger charge is -2.34. The van der Waals surface area contributed by atoms with Crippen LogP contribution in [0.5, 0.6) is 0 Å². The lowest BCUT2D eigenvalue weighted by molar-refractivity contribution is -0.129. The summed E-state index contributed by atoms with van der Waals surface area (Å²) in [7, 11) is 0. The lowest BCUT2D eigenvalue weighted by Crippen LogP contribution is -2.48. The molecule has 0 spiro atoms. The van der Waals surface area contributed by atoms with E-state index < -0.39 is 0 Å². The van der Waals surface area contributed by atoms with Crippen molar-refractivity contribution in [2.45, 2.75) is 32.6 Å². The maximum absolute atomic E-state index is 11.4. The van der Waals surface area contributed by atoms with Gasteiger partial charge in [-0.15, -0.1) is 5.10 Å². The van der Waals surface area contributed by atoms with Gasteiger partial charge in [-0.05, 0) is 12.8 Å². The number of piperazine rings is 1. The normalized spacial score (nSPS) is 20.0. The molecule has 0 atom stereocenters. The van der Waals surface area contributed by atoms with Crippen LogP contribution in [0, 0.1) is 0 Å². The van der Waals surface area contributed by atoms with Crippen LogP contribution in [-0.2, 0) is 4.79 Å². The van der Waals surface area contributed by atoms with Crippen LogP contribution >= 0.6 is 0 Å². The van der Waals surface area contributed by atoms with Gasteiger partial charge in [0.2, 0.25) is 11.9 Å². The van der Waals surface area contributed by atoms with Crippen LogP contribution in [0.25, 0.3) is 0 Å². The zero-order chi connectivity index (χ0) is 15.4. The maximum atomic E-state index is 11.4. The van der Waals surface area contributed by atoms with Crippen molar-refractivity contribution >= 4 is 17.7 Å². The van der Waals surface area contributed by atoms with Crippen LogP contribution in [0.2, 0.25) is 0 Å². The predicted molar refractivity (Wildman–Crippen MR) is 85.0 cm³/mol. The Bertz CT molecular complexity index is 507. The number of hydrogen-bond acceptors (Lipinski definition) is 6. The summed E-state index contributed by atoms with van der Waals surface area (Å²) in [5.41, 5.74) is 0. The van der Waals surface area contributed by atoms with E-state index in [9.17, 15) is 4.79 Å². The van der Waals surface area contributed by atoms with Crippen molar-refractivity contribution in [1.29, 1.82) is 0 Å². The van der Waals surface area contributed by atoms with Crippen LogP contribution in [0.15, 0.2) is 6.20 Å². The Morgan fingerprint density at radius 2 is 1.64 bits per heavy atom. The van der Waals surface area contributed by atoms with Crippen LogP contribution in [0.1, 0.15) is 32.6 Å². The molecule has 3 heterocycles. The predicted octanol–water partition coefficient (Wildman–Crippen LogP) is 0.920. The van der Waals surface area contributed by atoms with Gasteiger partial charge in [-0.1, -0.05) is 12.8 Å². The second kappa shape index (κ2) is 6.89. The molecule has 0 N–H and O–H groups in total. The number of carbonyl (C=O) groups is 1. The third kappa shape index (κ3) is 3.45. The van der Waals surface area contributed by atoms with Crippen molar-refractivity contribution < 1.29 is 4.79 Å². The highest BCUT2D eigenvalue weighted by atomic mass is 16.2. The van der Waals surface area contributed by atoms with Crippen molar-refractivity contribution in [3.8, 4) is 0 Å². The second-order valence-corrected chi connectivity index (χ2v) is 6.01. The minimum Gasteiger partial charge on any atom is -0.355 e. The van der Waals surface area contributed by atoms with E-state index in [1.54, 1.807) is 13.1 Å². The Morgan fingerprint density at radius 3 is 2.27 bits per heavy atom. The molecule has 22 heavy (non-hydrogen) atoms. The average molecular weight is 304 g/mol. The Hall–Kier alpha value is -1.92. The SMILES string of the molecule is CC(=O)N1CCN(c2nncc(N3CCCCCC3)n2)CC1. The molecule has 7 nitrogen and oxygen atoms in total. The van der Waals surface area contributed by atoms with E-state index in [2.05, 4.69) is 20.0 Å². The first-order valence-electron chi connectivity index (χ1n) is 8.19. The molecule has 0 aromatic carbocycles. The summed E-state index contributed by atoms with van der Waals surface area (Å²) < 4.78 is 0. The highest BCUT2D eigenvalue weighted by Crippen LogP contribution is 2.19. The van der Waals surface area contributed by atoms with Crippen molar-refractivity contribution in [3.63, 3.8) is 0 Å². The molecule has 0 aliphatic carbocycles. The van der Waals surface area contributed by atoms with Gasteiger partial charge in [0.05, 0.1) is 6.20 Å². The largest absolute Gasteiger partial charge is 0.355 e. The number of nitrogens with zero attached hydrogens (tertiary/aromatic N) is 6. The van der Waals surface area contributed by atoms with E-state index in [4.69, 9.17) is 4.98 Å². The molecule has 2 saturated heterocycles. The lowest BCUT2D eigenvalue weighted by atomic mass is 10.2. The molecular formula is C15H24N6O. The zero-order valence-electron chi connectivity index (χ0n) is 13.2.